The average Bonchev–Trinajstić information content (AvgIpc) is 2.68. The number of benzene rings is 2. The van der Waals surface area contributed by atoms with Gasteiger partial charge in [-0.05, 0) is 69.5 Å². The van der Waals surface area contributed by atoms with E-state index in [2.05, 4.69) is 39.5 Å². The van der Waals surface area contributed by atoms with Gasteiger partial charge in [0.25, 0.3) is 0 Å². The van der Waals surface area contributed by atoms with Gasteiger partial charge in [0, 0.05) is 24.0 Å². The number of ether oxygens (including phenoxy) is 1. The molecule has 0 radical (unpaired) electrons. The van der Waals surface area contributed by atoms with Crippen molar-refractivity contribution in [1.29, 1.82) is 0 Å². The van der Waals surface area contributed by atoms with E-state index < -0.39 is 0 Å². The Kier molecular flexibility index (Phi) is 5.15. The van der Waals surface area contributed by atoms with Crippen LogP contribution < -0.4 is 15.0 Å². The second-order valence-corrected chi connectivity index (χ2v) is 7.36. The predicted octanol–water partition coefficient (Wildman–Crippen LogP) is 5.40. The lowest BCUT2D eigenvalue weighted by Crippen LogP contribution is -2.25. The van der Waals surface area contributed by atoms with Crippen LogP contribution in [0.2, 0.25) is 0 Å². The number of rotatable bonds is 5. The van der Waals surface area contributed by atoms with Crippen molar-refractivity contribution in [3.63, 3.8) is 0 Å². The van der Waals surface area contributed by atoms with Crippen molar-refractivity contribution < 1.29 is 4.74 Å². The van der Waals surface area contributed by atoms with Crippen molar-refractivity contribution >= 4 is 23.0 Å². The first-order valence-corrected chi connectivity index (χ1v) is 9.83. The van der Waals surface area contributed by atoms with Crippen molar-refractivity contribution in [2.24, 2.45) is 0 Å². The summed E-state index contributed by atoms with van der Waals surface area (Å²) in [5, 5.41) is 3.40. The number of anilines is 4. The Labute approximate surface area is 166 Å². The largest absolute Gasteiger partial charge is 0.491 e. The molecule has 3 aromatic rings. The highest BCUT2D eigenvalue weighted by molar-refractivity contribution is 5.68. The van der Waals surface area contributed by atoms with Gasteiger partial charge in [-0.25, -0.2) is 9.97 Å². The molecule has 0 amide bonds. The van der Waals surface area contributed by atoms with Gasteiger partial charge in [-0.2, -0.15) is 0 Å². The van der Waals surface area contributed by atoms with Gasteiger partial charge in [0.15, 0.2) is 0 Å². The summed E-state index contributed by atoms with van der Waals surface area (Å²) >= 11 is 0. The molecule has 0 unspecified atom stereocenters. The Hall–Kier alpha value is -3.08. The third-order valence-corrected chi connectivity index (χ3v) is 4.71. The SMILES string of the molecule is Cc1nc(Nc2ccc(OC(C)C)cc2)cc(N2CCCc3ccccc32)n1. The van der Waals surface area contributed by atoms with E-state index in [0.717, 1.165) is 48.3 Å². The van der Waals surface area contributed by atoms with Crippen LogP contribution in [-0.4, -0.2) is 22.6 Å². The number of hydrogen-bond acceptors (Lipinski definition) is 5. The van der Waals surface area contributed by atoms with Crippen molar-refractivity contribution in [3.05, 3.63) is 66.0 Å². The van der Waals surface area contributed by atoms with E-state index >= 15 is 0 Å². The minimum atomic E-state index is 0.165. The second kappa shape index (κ2) is 7.89. The summed E-state index contributed by atoms with van der Waals surface area (Å²) in [6.07, 6.45) is 2.41. The van der Waals surface area contributed by atoms with Gasteiger partial charge in [0.05, 0.1) is 6.10 Å². The van der Waals surface area contributed by atoms with Gasteiger partial charge in [-0.1, -0.05) is 18.2 Å². The van der Waals surface area contributed by atoms with Crippen LogP contribution in [0.5, 0.6) is 5.75 Å². The molecule has 5 heteroatoms. The maximum atomic E-state index is 5.71. The zero-order valence-corrected chi connectivity index (χ0v) is 16.6. The molecule has 0 saturated heterocycles. The van der Waals surface area contributed by atoms with Crippen LogP contribution >= 0.6 is 0 Å². The van der Waals surface area contributed by atoms with Gasteiger partial charge >= 0.3 is 0 Å². The van der Waals surface area contributed by atoms with Crippen LogP contribution in [0.15, 0.2) is 54.6 Å². The Morgan fingerprint density at radius 1 is 1.04 bits per heavy atom. The fourth-order valence-corrected chi connectivity index (χ4v) is 3.56. The number of fused-ring (bicyclic) bond motifs is 1. The summed E-state index contributed by atoms with van der Waals surface area (Å²) in [5.74, 6) is 3.35. The topological polar surface area (TPSA) is 50.3 Å². The van der Waals surface area contributed by atoms with Gasteiger partial charge < -0.3 is 15.0 Å². The van der Waals surface area contributed by atoms with E-state index in [-0.39, 0.29) is 6.10 Å². The summed E-state index contributed by atoms with van der Waals surface area (Å²) in [6, 6.07) is 18.5. The highest BCUT2D eigenvalue weighted by Gasteiger charge is 2.19. The Bertz CT molecular complexity index is 953. The number of hydrogen-bond donors (Lipinski definition) is 1. The maximum absolute atomic E-state index is 5.71. The molecule has 144 valence electrons. The van der Waals surface area contributed by atoms with Crippen LogP contribution in [0.25, 0.3) is 0 Å². The first-order valence-electron chi connectivity index (χ1n) is 9.83. The number of aryl methyl sites for hydroxylation is 2. The molecule has 1 aromatic heterocycles. The molecule has 0 aliphatic carbocycles. The highest BCUT2D eigenvalue weighted by Crippen LogP contribution is 2.33. The van der Waals surface area contributed by atoms with E-state index in [1.54, 1.807) is 0 Å². The molecule has 0 saturated carbocycles. The fraction of sp³-hybridized carbons (Fsp3) is 0.304. The molecule has 0 spiro atoms. The van der Waals surface area contributed by atoms with Crippen LogP contribution in [0.4, 0.5) is 23.0 Å². The summed E-state index contributed by atoms with van der Waals surface area (Å²) in [5.41, 5.74) is 3.59. The number of aromatic nitrogens is 2. The molecule has 28 heavy (non-hydrogen) atoms. The molecule has 1 aliphatic heterocycles. The van der Waals surface area contributed by atoms with Crippen LogP contribution in [0.3, 0.4) is 0 Å². The molecule has 0 fully saturated rings. The lowest BCUT2D eigenvalue weighted by atomic mass is 10.0. The van der Waals surface area contributed by atoms with Crippen molar-refractivity contribution in [1.82, 2.24) is 9.97 Å². The first kappa shape index (κ1) is 18.3. The second-order valence-electron chi connectivity index (χ2n) is 7.36. The van der Waals surface area contributed by atoms with E-state index in [1.165, 1.54) is 11.3 Å². The Balaban J connectivity index is 1.58. The van der Waals surface area contributed by atoms with Crippen LogP contribution in [0, 0.1) is 6.92 Å². The zero-order valence-electron chi connectivity index (χ0n) is 16.6. The molecule has 1 N–H and O–H groups in total. The van der Waals surface area contributed by atoms with E-state index in [0.29, 0.717) is 0 Å². The highest BCUT2D eigenvalue weighted by atomic mass is 16.5. The molecule has 0 bridgehead atoms. The normalized spacial score (nSPS) is 13.4. The van der Waals surface area contributed by atoms with E-state index in [4.69, 9.17) is 9.72 Å². The fourth-order valence-electron chi connectivity index (χ4n) is 3.56. The molecule has 0 atom stereocenters. The van der Waals surface area contributed by atoms with E-state index in [1.807, 2.05) is 51.1 Å². The van der Waals surface area contributed by atoms with Gasteiger partial charge in [0.1, 0.15) is 23.2 Å². The number of nitrogens with one attached hydrogen (secondary N) is 1. The van der Waals surface area contributed by atoms with Crippen LogP contribution in [0.1, 0.15) is 31.7 Å². The third-order valence-electron chi connectivity index (χ3n) is 4.71. The number of para-hydroxylation sites is 1. The Morgan fingerprint density at radius 2 is 1.82 bits per heavy atom. The minimum absolute atomic E-state index is 0.165. The summed E-state index contributed by atoms with van der Waals surface area (Å²) < 4.78 is 5.71. The molecule has 2 aromatic carbocycles. The lowest BCUT2D eigenvalue weighted by Gasteiger charge is -2.30. The van der Waals surface area contributed by atoms with Crippen LogP contribution in [-0.2, 0) is 6.42 Å². The smallest absolute Gasteiger partial charge is 0.138 e. The van der Waals surface area contributed by atoms with Gasteiger partial charge in [-0.15, -0.1) is 0 Å². The molecule has 4 rings (SSSR count). The first-order chi connectivity index (χ1) is 13.6. The maximum Gasteiger partial charge on any atom is 0.138 e. The average molecular weight is 374 g/mol. The standard InChI is InChI=1S/C23H26N4O/c1-16(2)28-20-12-10-19(11-13-20)26-22-15-23(25-17(3)24-22)27-14-6-8-18-7-4-5-9-21(18)27/h4-5,7,9-13,15-16H,6,8,14H2,1-3H3,(H,24,25,26). The zero-order chi connectivity index (χ0) is 19.5. The minimum Gasteiger partial charge on any atom is -0.491 e. The summed E-state index contributed by atoms with van der Waals surface area (Å²) in [4.78, 5) is 11.6. The predicted molar refractivity (Wildman–Crippen MR) is 114 cm³/mol. The summed E-state index contributed by atoms with van der Waals surface area (Å²) in [7, 11) is 0. The summed E-state index contributed by atoms with van der Waals surface area (Å²) in [6.45, 7) is 6.95. The van der Waals surface area contributed by atoms with Crippen molar-refractivity contribution in [2.45, 2.75) is 39.7 Å². The molecule has 1 aliphatic rings. The molecular weight excluding hydrogens is 348 g/mol. The lowest BCUT2D eigenvalue weighted by molar-refractivity contribution is 0.242. The van der Waals surface area contributed by atoms with Crippen molar-refractivity contribution in [2.75, 3.05) is 16.8 Å². The number of nitrogens with zero attached hydrogens (tertiary/aromatic N) is 3. The van der Waals surface area contributed by atoms with Gasteiger partial charge in [-0.3, -0.25) is 0 Å². The molecule has 2 heterocycles. The van der Waals surface area contributed by atoms with E-state index in [9.17, 15) is 0 Å². The molecule has 5 nitrogen and oxygen atoms in total. The Morgan fingerprint density at radius 3 is 2.61 bits per heavy atom. The quantitative estimate of drug-likeness (QED) is 0.648. The molecular formula is C23H26N4O. The van der Waals surface area contributed by atoms with Crippen molar-refractivity contribution in [3.8, 4) is 5.75 Å². The third kappa shape index (κ3) is 4.09. The van der Waals surface area contributed by atoms with Gasteiger partial charge in [0.2, 0.25) is 0 Å². The monoisotopic (exact) mass is 374 g/mol.